The van der Waals surface area contributed by atoms with Crippen LogP contribution in [0.15, 0.2) is 6.07 Å². The van der Waals surface area contributed by atoms with Gasteiger partial charge in [-0.2, -0.15) is 0 Å². The maximum atomic E-state index is 12.6. The number of aryl methyl sites for hydroxylation is 3. The van der Waals surface area contributed by atoms with E-state index in [1.165, 1.54) is 0 Å². The number of pyridine rings is 1. The van der Waals surface area contributed by atoms with Crippen LogP contribution in [0, 0.1) is 26.7 Å². The van der Waals surface area contributed by atoms with Crippen LogP contribution < -0.4 is 5.32 Å². The molecule has 2 fully saturated rings. The summed E-state index contributed by atoms with van der Waals surface area (Å²) < 4.78 is 0. The van der Waals surface area contributed by atoms with Crippen LogP contribution in [0.4, 0.5) is 10.5 Å². The first-order chi connectivity index (χ1) is 12.0. The van der Waals surface area contributed by atoms with Gasteiger partial charge in [-0.15, -0.1) is 0 Å². The Balaban J connectivity index is 1.56. The van der Waals surface area contributed by atoms with Gasteiger partial charge in [-0.3, -0.25) is 9.78 Å². The number of hydrogen-bond acceptors (Lipinski definition) is 3. The van der Waals surface area contributed by atoms with E-state index in [1.54, 1.807) is 0 Å². The number of amides is 3. The van der Waals surface area contributed by atoms with E-state index in [0.29, 0.717) is 13.1 Å². The van der Waals surface area contributed by atoms with Crippen LogP contribution in [0.3, 0.4) is 0 Å². The average Bonchev–Trinajstić information content (AvgIpc) is 3.12. The van der Waals surface area contributed by atoms with Crippen molar-refractivity contribution in [1.29, 1.82) is 0 Å². The van der Waals surface area contributed by atoms with E-state index in [-0.39, 0.29) is 17.9 Å². The van der Waals surface area contributed by atoms with E-state index in [4.69, 9.17) is 0 Å². The molecular formula is C19H28N4O2. The topological polar surface area (TPSA) is 65.5 Å². The van der Waals surface area contributed by atoms with Crippen molar-refractivity contribution in [3.05, 3.63) is 23.0 Å². The van der Waals surface area contributed by atoms with E-state index >= 15 is 0 Å². The number of carbonyl (C=O) groups excluding carboxylic acids is 2. The SMILES string of the molecule is Cc1cc(C)c(NC(=O)C2CCN(C(=O)N3CCCC3)CC2)c(C)n1. The second-order valence-electron chi connectivity index (χ2n) is 7.27. The summed E-state index contributed by atoms with van der Waals surface area (Å²) in [5.41, 5.74) is 3.68. The van der Waals surface area contributed by atoms with Crippen LogP contribution in [0.1, 0.15) is 42.6 Å². The lowest BCUT2D eigenvalue weighted by Crippen LogP contribution is -2.47. The highest BCUT2D eigenvalue weighted by Gasteiger charge is 2.30. The molecule has 3 rings (SSSR count). The number of urea groups is 1. The lowest BCUT2D eigenvalue weighted by Gasteiger charge is -2.34. The minimum Gasteiger partial charge on any atom is -0.325 e. The third kappa shape index (κ3) is 3.94. The lowest BCUT2D eigenvalue weighted by molar-refractivity contribution is -0.121. The first kappa shape index (κ1) is 17.7. The molecule has 0 unspecified atom stereocenters. The summed E-state index contributed by atoms with van der Waals surface area (Å²) in [5, 5.41) is 3.06. The Labute approximate surface area is 149 Å². The van der Waals surface area contributed by atoms with Gasteiger partial charge < -0.3 is 15.1 Å². The number of piperidine rings is 1. The number of carbonyl (C=O) groups is 2. The number of rotatable bonds is 2. The largest absolute Gasteiger partial charge is 0.325 e. The summed E-state index contributed by atoms with van der Waals surface area (Å²) in [6.45, 7) is 8.95. The van der Waals surface area contributed by atoms with Crippen molar-refractivity contribution in [2.24, 2.45) is 5.92 Å². The molecule has 0 aromatic carbocycles. The average molecular weight is 344 g/mol. The van der Waals surface area contributed by atoms with Gasteiger partial charge in [-0.25, -0.2) is 4.79 Å². The van der Waals surface area contributed by atoms with Crippen LogP contribution in [0.5, 0.6) is 0 Å². The number of nitrogens with one attached hydrogen (secondary N) is 1. The highest BCUT2D eigenvalue weighted by Crippen LogP contribution is 2.24. The van der Waals surface area contributed by atoms with Crippen molar-refractivity contribution in [2.45, 2.75) is 46.5 Å². The van der Waals surface area contributed by atoms with Crippen LogP contribution in [-0.4, -0.2) is 52.9 Å². The number of hydrogen-bond donors (Lipinski definition) is 1. The summed E-state index contributed by atoms with van der Waals surface area (Å²) in [5.74, 6) is 0.00727. The van der Waals surface area contributed by atoms with Crippen LogP contribution in [-0.2, 0) is 4.79 Å². The number of nitrogens with zero attached hydrogens (tertiary/aromatic N) is 3. The van der Waals surface area contributed by atoms with Crippen molar-refractivity contribution in [3.63, 3.8) is 0 Å². The van der Waals surface area contributed by atoms with E-state index < -0.39 is 0 Å². The van der Waals surface area contributed by atoms with Crippen LogP contribution in [0.2, 0.25) is 0 Å². The van der Waals surface area contributed by atoms with Crippen molar-refractivity contribution < 1.29 is 9.59 Å². The Morgan fingerprint density at radius 2 is 1.64 bits per heavy atom. The first-order valence-corrected chi connectivity index (χ1v) is 9.25. The Bertz CT molecular complexity index is 636. The third-order valence-electron chi connectivity index (χ3n) is 5.29. The summed E-state index contributed by atoms with van der Waals surface area (Å²) in [4.78, 5) is 33.3. The fourth-order valence-corrected chi connectivity index (χ4v) is 3.88. The van der Waals surface area contributed by atoms with Gasteiger partial charge in [0.05, 0.1) is 11.4 Å². The first-order valence-electron chi connectivity index (χ1n) is 9.25. The maximum absolute atomic E-state index is 12.6. The quantitative estimate of drug-likeness (QED) is 0.897. The predicted molar refractivity (Wildman–Crippen MR) is 97.6 cm³/mol. The van der Waals surface area contributed by atoms with Crippen LogP contribution in [0.25, 0.3) is 0 Å². The number of aromatic nitrogens is 1. The molecule has 136 valence electrons. The Morgan fingerprint density at radius 3 is 2.24 bits per heavy atom. The molecule has 1 aromatic rings. The van der Waals surface area contributed by atoms with Gasteiger partial charge in [-0.05, 0) is 58.1 Å². The Kier molecular flexibility index (Phi) is 5.25. The molecule has 0 saturated carbocycles. The highest BCUT2D eigenvalue weighted by atomic mass is 16.2. The van der Waals surface area contributed by atoms with Crippen molar-refractivity contribution in [2.75, 3.05) is 31.5 Å². The molecule has 6 heteroatoms. The maximum Gasteiger partial charge on any atom is 0.319 e. The molecule has 25 heavy (non-hydrogen) atoms. The highest BCUT2D eigenvalue weighted by molar-refractivity contribution is 5.94. The molecule has 2 saturated heterocycles. The normalized spacial score (nSPS) is 18.5. The van der Waals surface area contributed by atoms with Crippen molar-refractivity contribution in [1.82, 2.24) is 14.8 Å². The van der Waals surface area contributed by atoms with E-state index in [1.807, 2.05) is 36.6 Å². The van der Waals surface area contributed by atoms with Gasteiger partial charge in [0.1, 0.15) is 0 Å². The minimum atomic E-state index is -0.0391. The van der Waals surface area contributed by atoms with Gasteiger partial charge >= 0.3 is 6.03 Å². The molecular weight excluding hydrogens is 316 g/mol. The van der Waals surface area contributed by atoms with Gasteiger partial charge in [-0.1, -0.05) is 0 Å². The number of likely N-dealkylation sites (tertiary alicyclic amines) is 2. The Morgan fingerprint density at radius 1 is 1.04 bits per heavy atom. The predicted octanol–water partition coefficient (Wildman–Crippen LogP) is 2.87. The second-order valence-corrected chi connectivity index (χ2v) is 7.27. The van der Waals surface area contributed by atoms with Crippen LogP contribution >= 0.6 is 0 Å². The monoisotopic (exact) mass is 344 g/mol. The molecule has 0 spiro atoms. The standard InChI is InChI=1S/C19H28N4O2/c1-13-12-14(2)20-15(3)17(13)21-18(24)16-6-10-23(11-7-16)19(25)22-8-4-5-9-22/h12,16H,4-11H2,1-3H3,(H,21,24). The molecule has 0 bridgehead atoms. The molecule has 0 atom stereocenters. The lowest BCUT2D eigenvalue weighted by atomic mass is 9.95. The third-order valence-corrected chi connectivity index (χ3v) is 5.29. The molecule has 2 aliphatic rings. The van der Waals surface area contributed by atoms with Gasteiger partial charge in [0.15, 0.2) is 0 Å². The van der Waals surface area contributed by atoms with Crippen molar-refractivity contribution in [3.8, 4) is 0 Å². The second kappa shape index (κ2) is 7.42. The fraction of sp³-hybridized carbons (Fsp3) is 0.632. The molecule has 3 amide bonds. The molecule has 1 aromatic heterocycles. The zero-order valence-electron chi connectivity index (χ0n) is 15.5. The summed E-state index contributed by atoms with van der Waals surface area (Å²) >= 11 is 0. The minimum absolute atomic E-state index is 0.0391. The van der Waals surface area contributed by atoms with Gasteiger partial charge in [0.2, 0.25) is 5.91 Å². The molecule has 3 heterocycles. The molecule has 6 nitrogen and oxygen atoms in total. The summed E-state index contributed by atoms with van der Waals surface area (Å²) in [6, 6.07) is 2.13. The molecule has 2 aliphatic heterocycles. The van der Waals surface area contributed by atoms with E-state index in [9.17, 15) is 9.59 Å². The molecule has 0 aliphatic carbocycles. The zero-order valence-corrected chi connectivity index (χ0v) is 15.5. The zero-order chi connectivity index (χ0) is 18.0. The Hall–Kier alpha value is -2.11. The summed E-state index contributed by atoms with van der Waals surface area (Å²) in [6.07, 6.45) is 3.66. The molecule has 1 N–H and O–H groups in total. The fourth-order valence-electron chi connectivity index (χ4n) is 3.88. The van der Waals surface area contributed by atoms with Gasteiger partial charge in [0.25, 0.3) is 0 Å². The summed E-state index contributed by atoms with van der Waals surface area (Å²) in [7, 11) is 0. The van der Waals surface area contributed by atoms with Gasteiger partial charge in [0, 0.05) is 37.8 Å². The van der Waals surface area contributed by atoms with E-state index in [2.05, 4.69) is 10.3 Å². The van der Waals surface area contributed by atoms with E-state index in [0.717, 1.165) is 61.4 Å². The van der Waals surface area contributed by atoms with Crippen molar-refractivity contribution >= 4 is 17.6 Å². The molecule has 0 radical (unpaired) electrons. The number of anilines is 1. The smallest absolute Gasteiger partial charge is 0.319 e.